The molecule has 24 N–H and O–H groups in total. The Bertz CT molecular complexity index is 5560. The molecule has 133 heavy (non-hydrogen) atoms. The predicted octanol–water partition coefficient (Wildman–Crippen LogP) is 0.0441. The summed E-state index contributed by atoms with van der Waals surface area (Å²) in [4.78, 5) is 142. The number of phenols is 6. The molecule has 6 aromatic rings. The van der Waals surface area contributed by atoms with E-state index in [2.05, 4.69) is 21.1 Å². The van der Waals surface area contributed by atoms with Gasteiger partial charge in [-0.2, -0.15) is 10.2 Å². The molecule has 0 saturated carbocycles. The van der Waals surface area contributed by atoms with Crippen molar-refractivity contribution in [2.24, 2.45) is 27.4 Å². The second-order valence-electron chi connectivity index (χ2n) is 33.9. The number of phenolic OH excluding ortho intramolecular Hbond substituents is 6. The number of hydrazone groups is 2. The molecule has 0 spiro atoms. The molecule has 18 atom stereocenters. The number of benzene rings is 6. The maximum atomic E-state index is 13.9. The molecule has 0 aromatic heterocycles. The molecule has 0 bridgehead atoms. The zero-order valence-corrected chi connectivity index (χ0v) is 72.6. The fraction of sp³-hybridized carbons (Fsp3) is 0.456. The second kappa shape index (κ2) is 38.8. The first kappa shape index (κ1) is 98.4. The van der Waals surface area contributed by atoms with Crippen LogP contribution in [0.4, 0.5) is 0 Å². The summed E-state index contributed by atoms with van der Waals surface area (Å²) in [6, 6.07) is 10.7. The van der Waals surface area contributed by atoms with Crippen LogP contribution in [0.3, 0.4) is 0 Å². The van der Waals surface area contributed by atoms with Gasteiger partial charge in [-0.1, -0.05) is 36.4 Å². The highest BCUT2D eigenvalue weighted by atomic mass is 16.7. The lowest BCUT2D eigenvalue weighted by molar-refractivity contribution is -0.247. The van der Waals surface area contributed by atoms with Crippen LogP contribution in [0.25, 0.3) is 0 Å². The number of methoxy groups -OCH3 is 3. The summed E-state index contributed by atoms with van der Waals surface area (Å²) in [6.45, 7) is 3.21. The molecular weight excluding hydrogens is 1760 g/mol. The first-order valence-corrected chi connectivity index (χ1v) is 42.2. The first-order valence-electron chi connectivity index (χ1n) is 42.2. The molecule has 0 radical (unpaired) electrons. The van der Waals surface area contributed by atoms with Crippen LogP contribution in [0.2, 0.25) is 0 Å². The Morgan fingerprint density at radius 1 is 0.421 bits per heavy atom. The number of carboxylic acid groups (broad SMARTS) is 1. The Kier molecular flexibility index (Phi) is 28.7. The SMILES string of the molecule is COc1cccc2c1C(=O)c1c(O)c3c(c(O)c1C2=O)C[C@@](O)(/C(CO)=N/NC(=O)CCC(C)=O)C[C@@H]3OC1CC(N)C(O)C(C)O1.COc1cccc2c1C(=O)c1c(O)c3c(c(O)c1C2=O)C[C@@](O)(/C(CO)=N\NC(=O)CCC(=O)O)C[C@@H]3OC1CC(N)C(O)C(C)O1.COc1cccc2c1C(=O)c1c(O)c3c(c(O)c1C2=O)C[C@@](O)(C(=O)CO)C[C@@H]3OC1CC(N)C(O)C(C)O1. The van der Waals surface area contributed by atoms with E-state index in [4.69, 9.17) is 64.9 Å². The van der Waals surface area contributed by atoms with Gasteiger partial charge in [-0.15, -0.1) is 0 Å². The van der Waals surface area contributed by atoms with Crippen molar-refractivity contribution in [3.8, 4) is 51.7 Å². The van der Waals surface area contributed by atoms with E-state index >= 15 is 0 Å². The largest absolute Gasteiger partial charge is 0.507 e. The number of fused-ring (bicyclic) bond motifs is 9. The number of Topliss-reactive ketones (excluding diaryl/α,β-unsaturated/α-hetero) is 2. The zero-order chi connectivity index (χ0) is 97.1. The van der Waals surface area contributed by atoms with E-state index in [1.165, 1.54) is 82.9 Å². The van der Waals surface area contributed by atoms with Gasteiger partial charge in [0, 0.05) is 145 Å². The minimum atomic E-state index is -2.24. The smallest absolute Gasteiger partial charge is 0.303 e. The predicted molar refractivity (Wildman–Crippen MR) is 453 cm³/mol. The molecule has 3 aliphatic heterocycles. The van der Waals surface area contributed by atoms with E-state index in [9.17, 15) is 129 Å². The Balaban J connectivity index is 0.000000170. The number of ether oxygens (including phenoxy) is 9. The second-order valence-corrected chi connectivity index (χ2v) is 33.9. The van der Waals surface area contributed by atoms with Crippen molar-refractivity contribution in [1.29, 1.82) is 0 Å². The molecule has 9 aliphatic rings. The van der Waals surface area contributed by atoms with Gasteiger partial charge in [0.2, 0.25) is 29.2 Å². The number of aromatic hydroxyl groups is 6. The molecule has 6 aliphatic carbocycles. The van der Waals surface area contributed by atoms with Crippen LogP contribution in [0.5, 0.6) is 51.7 Å². The summed E-state index contributed by atoms with van der Waals surface area (Å²) in [5.74, 6) is -12.6. The Morgan fingerprint density at radius 3 is 0.977 bits per heavy atom. The van der Waals surface area contributed by atoms with E-state index in [0.717, 1.165) is 0 Å². The number of aliphatic hydroxyl groups is 9. The van der Waals surface area contributed by atoms with Crippen molar-refractivity contribution in [2.75, 3.05) is 41.2 Å². The lowest BCUT2D eigenvalue weighted by atomic mass is 9.71. The number of rotatable bonds is 23. The normalized spacial score (nSPS) is 27.9. The van der Waals surface area contributed by atoms with Crippen molar-refractivity contribution in [3.05, 3.63) is 155 Å². The molecule has 6 aromatic carbocycles. The molecule has 2 amide bonds. The van der Waals surface area contributed by atoms with Crippen LogP contribution in [0, 0.1) is 0 Å². The first-order chi connectivity index (χ1) is 62.9. The summed E-state index contributed by atoms with van der Waals surface area (Å²) in [5, 5.41) is 182. The number of aliphatic carboxylic acids is 1. The minimum absolute atomic E-state index is 0.0113. The highest BCUT2D eigenvalue weighted by Crippen LogP contribution is 2.58. The number of ketones is 8. The number of amides is 2. The van der Waals surface area contributed by atoms with E-state index in [-0.39, 0.29) is 128 Å². The zero-order valence-electron chi connectivity index (χ0n) is 72.6. The van der Waals surface area contributed by atoms with Gasteiger partial charge >= 0.3 is 5.97 Å². The number of nitrogens with one attached hydrogen (secondary N) is 2. The van der Waals surface area contributed by atoms with Crippen LogP contribution in [-0.4, -0.2) is 289 Å². The average Bonchev–Trinajstić information content (AvgIpc) is 0.718. The highest BCUT2D eigenvalue weighted by molar-refractivity contribution is 6.34. The van der Waals surface area contributed by atoms with Crippen LogP contribution < -0.4 is 42.3 Å². The van der Waals surface area contributed by atoms with Crippen molar-refractivity contribution in [2.45, 2.75) is 220 Å². The van der Waals surface area contributed by atoms with Crippen LogP contribution in [0.15, 0.2) is 64.8 Å². The number of hydrogen-bond acceptors (Lipinski definition) is 40. The Labute approximate surface area is 755 Å². The summed E-state index contributed by atoms with van der Waals surface area (Å²) in [6.07, 6.45) is -17.0. The fourth-order valence-electron chi connectivity index (χ4n) is 18.4. The van der Waals surface area contributed by atoms with Gasteiger partial charge in [-0.25, -0.2) is 10.9 Å². The molecule has 43 heteroatoms. The third kappa shape index (κ3) is 18.3. The molecule has 712 valence electrons. The van der Waals surface area contributed by atoms with Gasteiger partial charge in [-0.3, -0.25) is 47.9 Å². The quantitative estimate of drug-likeness (QED) is 0.0228. The highest BCUT2D eigenvalue weighted by Gasteiger charge is 2.55. The van der Waals surface area contributed by atoms with Gasteiger partial charge in [0.1, 0.15) is 80.9 Å². The maximum Gasteiger partial charge on any atom is 0.303 e. The molecular formula is C90H101N7O36. The molecule has 3 fully saturated rings. The van der Waals surface area contributed by atoms with Gasteiger partial charge in [0.15, 0.2) is 42.0 Å². The Morgan fingerprint density at radius 2 is 0.707 bits per heavy atom. The number of nitrogens with two attached hydrogens (primary N) is 3. The monoisotopic (exact) mass is 1860 g/mol. The number of nitrogens with zero attached hydrogens (tertiary/aromatic N) is 2. The number of carboxylic acids is 1. The van der Waals surface area contributed by atoms with Crippen LogP contribution in [-0.2, 0) is 71.7 Å². The van der Waals surface area contributed by atoms with Crippen molar-refractivity contribution < 1.29 is 177 Å². The van der Waals surface area contributed by atoms with E-state index in [1.807, 2.05) is 0 Å². The third-order valence-electron chi connectivity index (χ3n) is 25.4. The topological polar surface area (TPSA) is 721 Å². The molecule has 43 nitrogen and oxygen atoms in total. The maximum absolute atomic E-state index is 13.9. The Hall–Kier alpha value is -12.1. The summed E-state index contributed by atoms with van der Waals surface area (Å²) in [5.41, 5.74) is 10.7. The summed E-state index contributed by atoms with van der Waals surface area (Å²) < 4.78 is 51.5. The van der Waals surface area contributed by atoms with Gasteiger partial charge in [0.05, 0.1) is 157 Å². The number of carbonyl (C=O) groups excluding carboxylic acids is 10. The molecule has 12 unspecified atom stereocenters. The van der Waals surface area contributed by atoms with Crippen LogP contribution in [0.1, 0.15) is 239 Å². The summed E-state index contributed by atoms with van der Waals surface area (Å²) >= 11 is 0. The molecule has 3 saturated heterocycles. The number of hydrogen-bond donors (Lipinski definition) is 21. The van der Waals surface area contributed by atoms with Crippen molar-refractivity contribution in [1.82, 2.24) is 10.9 Å². The van der Waals surface area contributed by atoms with Crippen molar-refractivity contribution in [3.63, 3.8) is 0 Å². The number of carbonyl (C=O) groups is 11. The molecule has 15 rings (SSSR count). The van der Waals surface area contributed by atoms with Gasteiger partial charge in [0.25, 0.3) is 0 Å². The molecule has 3 heterocycles. The van der Waals surface area contributed by atoms with Gasteiger partial charge < -0.3 is 146 Å². The minimum Gasteiger partial charge on any atom is -0.507 e. The standard InChI is InChI=1S/C32H37N3O12.C31H35N3O13.C27H29NO11/c1-13(37)7-8-21(38)35-34-20(12-36)32(44)10-16-24(19(11-32)47-22-9-17(33)27(39)14(2)46-22)31(43)26-25(29(16)41)28(40)15-5-4-6-18(45-3)23(15)30(26)42;1-12-26(39)15(32)8-21(46-12)47-17-10-31(44,18(11-35)33-34-19(36)6-7-20(37)38)9-14-23(17)30(43)25-24(28(14)41)27(40)13-4-3-5-16(45-2)22(13)29(25)42;1-10-22(31)13(28)6-17(38-10)39-15-8-27(36,16(30)9-29)7-12-19(15)26(35)21-20(24(12)33)23(32)11-4-3-5-14(37-2)18(11)25(21)34/h4-6,14,17,19,22,27,36,39,41,43-44H,7-12,33H2,1-3H3,(H,35,38);3-5,12,15,17,21,26,35,39,41,43-44H,6-11,32H2,1-2H3,(H,34,36)(H,37,38);3-5,10,13,15,17,22,29,31,33,35-36H,6-9,28H2,1-2H3/b34-20+;33-18-;/t14?,17?,19-,22?,27?,32-;12?,15?,17-,21?,26?,31-;10?,13?,15-,17?,22?,27-/m000/s1. The van der Waals surface area contributed by atoms with E-state index in [0.29, 0.717) is 0 Å². The average molecular weight is 1860 g/mol. The van der Waals surface area contributed by atoms with Crippen molar-refractivity contribution >= 4 is 75.5 Å². The lowest BCUT2D eigenvalue weighted by Gasteiger charge is -2.43. The van der Waals surface area contributed by atoms with E-state index in [1.54, 1.807) is 20.8 Å². The number of aliphatic hydroxyl groups excluding tert-OH is 6. The van der Waals surface area contributed by atoms with Crippen LogP contribution >= 0.6 is 0 Å². The third-order valence-corrected chi connectivity index (χ3v) is 25.4. The van der Waals surface area contributed by atoms with E-state index < -0.39 is 312 Å². The fourth-order valence-corrected chi connectivity index (χ4v) is 18.4. The summed E-state index contributed by atoms with van der Waals surface area (Å²) in [7, 11) is 3.94. The van der Waals surface area contributed by atoms with Gasteiger partial charge in [-0.05, 0) is 45.9 Å². The lowest BCUT2D eigenvalue weighted by Crippen LogP contribution is -2.53.